The average molecular weight is 357 g/mol. The van der Waals surface area contributed by atoms with Crippen LogP contribution < -0.4 is 14.8 Å². The average Bonchev–Trinajstić information content (AvgIpc) is 2.52. The van der Waals surface area contributed by atoms with Crippen molar-refractivity contribution in [2.24, 2.45) is 0 Å². The standard InChI is InChI=1S/C14H17ClN4O3S/c1-4-23(20,21)19-14-6-5-13(17-18-14)16-11-7-9(2)10(15)8-12(11)22-3/h5-8H,4H2,1-3H3,(H,16,17)(H,18,19). The Kier molecular flexibility index (Phi) is 5.27. The lowest BCUT2D eigenvalue weighted by Gasteiger charge is -2.12. The van der Waals surface area contributed by atoms with Crippen molar-refractivity contribution < 1.29 is 13.2 Å². The van der Waals surface area contributed by atoms with E-state index < -0.39 is 10.0 Å². The number of aromatic nitrogens is 2. The van der Waals surface area contributed by atoms with Crippen LogP contribution in [0.5, 0.6) is 5.75 Å². The second kappa shape index (κ2) is 7.01. The van der Waals surface area contributed by atoms with Gasteiger partial charge in [0, 0.05) is 11.1 Å². The monoisotopic (exact) mass is 356 g/mol. The van der Waals surface area contributed by atoms with E-state index in [2.05, 4.69) is 20.2 Å². The predicted molar refractivity (Wildman–Crippen MR) is 91.1 cm³/mol. The van der Waals surface area contributed by atoms with Gasteiger partial charge in [0.2, 0.25) is 10.0 Å². The number of hydrogen-bond donors (Lipinski definition) is 2. The largest absolute Gasteiger partial charge is 0.495 e. The molecule has 1 heterocycles. The van der Waals surface area contributed by atoms with Crippen LogP contribution in [0, 0.1) is 6.92 Å². The molecule has 0 aliphatic rings. The van der Waals surface area contributed by atoms with Crippen molar-refractivity contribution >= 4 is 38.9 Å². The number of nitrogens with one attached hydrogen (secondary N) is 2. The first kappa shape index (κ1) is 17.3. The fourth-order valence-electron chi connectivity index (χ4n) is 1.75. The van der Waals surface area contributed by atoms with Gasteiger partial charge in [-0.2, -0.15) is 0 Å². The third-order valence-corrected chi connectivity index (χ3v) is 4.74. The maximum Gasteiger partial charge on any atom is 0.233 e. The number of halogens is 1. The Balaban J connectivity index is 2.20. The van der Waals surface area contributed by atoms with Crippen LogP contribution >= 0.6 is 11.6 Å². The van der Waals surface area contributed by atoms with E-state index in [1.807, 2.05) is 13.0 Å². The SMILES string of the molecule is CCS(=O)(=O)Nc1ccc(Nc2cc(C)c(Cl)cc2OC)nn1. The Hall–Kier alpha value is -2.06. The third-order valence-electron chi connectivity index (χ3n) is 3.05. The summed E-state index contributed by atoms with van der Waals surface area (Å²) in [4.78, 5) is 0. The van der Waals surface area contributed by atoms with E-state index in [1.165, 1.54) is 6.07 Å². The zero-order chi connectivity index (χ0) is 17.0. The van der Waals surface area contributed by atoms with Crippen molar-refractivity contribution in [2.75, 3.05) is 22.9 Å². The van der Waals surface area contributed by atoms with Gasteiger partial charge in [0.15, 0.2) is 11.6 Å². The molecule has 0 spiro atoms. The minimum atomic E-state index is -3.37. The molecular formula is C14H17ClN4O3S. The number of ether oxygens (including phenoxy) is 1. The molecule has 0 saturated heterocycles. The maximum atomic E-state index is 11.5. The second-order valence-electron chi connectivity index (χ2n) is 4.74. The zero-order valence-corrected chi connectivity index (χ0v) is 14.5. The minimum absolute atomic E-state index is 0.0318. The normalized spacial score (nSPS) is 11.1. The first-order chi connectivity index (χ1) is 10.8. The number of aryl methyl sites for hydroxylation is 1. The Morgan fingerprint density at radius 1 is 1.22 bits per heavy atom. The predicted octanol–water partition coefficient (Wildman–Crippen LogP) is 2.95. The Morgan fingerprint density at radius 3 is 2.43 bits per heavy atom. The molecule has 0 atom stereocenters. The first-order valence-corrected chi connectivity index (χ1v) is 8.83. The molecule has 1 aromatic carbocycles. The summed E-state index contributed by atoms with van der Waals surface area (Å²) in [5.74, 6) is 1.15. The van der Waals surface area contributed by atoms with Crippen LogP contribution in [0.25, 0.3) is 0 Å². The van der Waals surface area contributed by atoms with Crippen LogP contribution in [0.1, 0.15) is 12.5 Å². The highest BCUT2D eigenvalue weighted by molar-refractivity contribution is 7.92. The summed E-state index contributed by atoms with van der Waals surface area (Å²) in [7, 11) is -1.83. The number of methoxy groups -OCH3 is 1. The van der Waals surface area contributed by atoms with Crippen LogP contribution in [0.2, 0.25) is 5.02 Å². The highest BCUT2D eigenvalue weighted by Gasteiger charge is 2.10. The molecule has 0 unspecified atom stereocenters. The van der Waals surface area contributed by atoms with Crippen LogP contribution in [-0.4, -0.2) is 31.5 Å². The van der Waals surface area contributed by atoms with E-state index in [0.29, 0.717) is 22.3 Å². The number of benzene rings is 1. The summed E-state index contributed by atoms with van der Waals surface area (Å²) in [6.07, 6.45) is 0. The van der Waals surface area contributed by atoms with E-state index in [4.69, 9.17) is 16.3 Å². The summed E-state index contributed by atoms with van der Waals surface area (Å²) in [5.41, 5.74) is 1.57. The maximum absolute atomic E-state index is 11.5. The highest BCUT2D eigenvalue weighted by atomic mass is 35.5. The van der Waals surface area contributed by atoms with Gasteiger partial charge in [-0.1, -0.05) is 11.6 Å². The molecule has 2 aromatic rings. The molecule has 0 aliphatic heterocycles. The number of hydrogen-bond acceptors (Lipinski definition) is 6. The summed E-state index contributed by atoms with van der Waals surface area (Å²) in [6.45, 7) is 3.42. The third kappa shape index (κ3) is 4.46. The Labute approximate surface area is 140 Å². The smallest absolute Gasteiger partial charge is 0.233 e. The van der Waals surface area contributed by atoms with Gasteiger partial charge in [-0.25, -0.2) is 8.42 Å². The lowest BCUT2D eigenvalue weighted by atomic mass is 10.2. The van der Waals surface area contributed by atoms with E-state index in [1.54, 1.807) is 26.2 Å². The molecule has 2 N–H and O–H groups in total. The van der Waals surface area contributed by atoms with Gasteiger partial charge in [-0.3, -0.25) is 4.72 Å². The van der Waals surface area contributed by atoms with Crippen molar-refractivity contribution in [2.45, 2.75) is 13.8 Å². The second-order valence-corrected chi connectivity index (χ2v) is 7.15. The molecule has 0 amide bonds. The van der Waals surface area contributed by atoms with Crippen molar-refractivity contribution in [3.05, 3.63) is 34.9 Å². The van der Waals surface area contributed by atoms with E-state index in [0.717, 1.165) is 5.56 Å². The fraction of sp³-hybridized carbons (Fsp3) is 0.286. The van der Waals surface area contributed by atoms with Crippen LogP contribution in [-0.2, 0) is 10.0 Å². The lowest BCUT2D eigenvalue weighted by Crippen LogP contribution is -2.15. The van der Waals surface area contributed by atoms with Gasteiger partial charge in [0.05, 0.1) is 18.6 Å². The quantitative estimate of drug-likeness (QED) is 0.826. The highest BCUT2D eigenvalue weighted by Crippen LogP contribution is 2.32. The van der Waals surface area contributed by atoms with Gasteiger partial charge in [-0.15, -0.1) is 10.2 Å². The number of sulfonamides is 1. The molecule has 0 saturated carbocycles. The summed E-state index contributed by atoms with van der Waals surface area (Å²) >= 11 is 6.06. The number of rotatable bonds is 6. The Morgan fingerprint density at radius 2 is 1.87 bits per heavy atom. The molecule has 9 heteroatoms. The molecule has 0 aliphatic carbocycles. The Bertz CT molecular complexity index is 794. The molecular weight excluding hydrogens is 340 g/mol. The van der Waals surface area contributed by atoms with Gasteiger partial charge < -0.3 is 10.1 Å². The van der Waals surface area contributed by atoms with Gasteiger partial charge in [0.1, 0.15) is 5.75 Å². The molecule has 0 radical (unpaired) electrons. The van der Waals surface area contributed by atoms with Gasteiger partial charge in [-0.05, 0) is 37.6 Å². The lowest BCUT2D eigenvalue weighted by molar-refractivity contribution is 0.416. The topological polar surface area (TPSA) is 93.2 Å². The number of nitrogens with zero attached hydrogens (tertiary/aromatic N) is 2. The van der Waals surface area contributed by atoms with E-state index in [-0.39, 0.29) is 11.6 Å². The molecule has 124 valence electrons. The van der Waals surface area contributed by atoms with Crippen LogP contribution in [0.15, 0.2) is 24.3 Å². The summed E-state index contributed by atoms with van der Waals surface area (Å²) in [6, 6.07) is 6.68. The van der Waals surface area contributed by atoms with Crippen molar-refractivity contribution in [1.29, 1.82) is 0 Å². The van der Waals surface area contributed by atoms with Crippen LogP contribution in [0.3, 0.4) is 0 Å². The van der Waals surface area contributed by atoms with Gasteiger partial charge in [0.25, 0.3) is 0 Å². The first-order valence-electron chi connectivity index (χ1n) is 6.80. The fourth-order valence-corrected chi connectivity index (χ4v) is 2.48. The summed E-state index contributed by atoms with van der Waals surface area (Å²) in [5, 5.41) is 11.4. The van der Waals surface area contributed by atoms with Crippen molar-refractivity contribution in [1.82, 2.24) is 10.2 Å². The van der Waals surface area contributed by atoms with E-state index in [9.17, 15) is 8.42 Å². The van der Waals surface area contributed by atoms with E-state index >= 15 is 0 Å². The number of anilines is 3. The molecule has 0 bridgehead atoms. The summed E-state index contributed by atoms with van der Waals surface area (Å²) < 4.78 is 30.5. The molecule has 1 aromatic heterocycles. The molecule has 2 rings (SSSR count). The van der Waals surface area contributed by atoms with Crippen LogP contribution in [0.4, 0.5) is 17.3 Å². The molecule has 23 heavy (non-hydrogen) atoms. The molecule has 0 fully saturated rings. The van der Waals surface area contributed by atoms with Crippen molar-refractivity contribution in [3.63, 3.8) is 0 Å². The van der Waals surface area contributed by atoms with Crippen molar-refractivity contribution in [3.8, 4) is 5.75 Å². The zero-order valence-electron chi connectivity index (χ0n) is 12.9. The van der Waals surface area contributed by atoms with Gasteiger partial charge >= 0.3 is 0 Å². The minimum Gasteiger partial charge on any atom is -0.495 e. The molecule has 7 nitrogen and oxygen atoms in total.